The van der Waals surface area contributed by atoms with Gasteiger partial charge in [-0.1, -0.05) is 60.3 Å². The second-order valence-electron chi connectivity index (χ2n) is 9.27. The molecule has 3 heterocycles. The van der Waals surface area contributed by atoms with Gasteiger partial charge in [0.05, 0.1) is 16.3 Å². The molecule has 8 heteroatoms. The van der Waals surface area contributed by atoms with Gasteiger partial charge in [0.25, 0.3) is 5.56 Å². The van der Waals surface area contributed by atoms with Crippen molar-refractivity contribution in [2.45, 2.75) is 49.7 Å². The number of aryl methyl sites for hydroxylation is 1. The molecule has 5 rings (SSSR count). The van der Waals surface area contributed by atoms with Gasteiger partial charge in [0.1, 0.15) is 4.83 Å². The number of benzene rings is 2. The van der Waals surface area contributed by atoms with Crippen LogP contribution in [0.3, 0.4) is 0 Å². The van der Waals surface area contributed by atoms with Crippen LogP contribution < -0.4 is 10.9 Å². The summed E-state index contributed by atoms with van der Waals surface area (Å²) in [6.07, 6.45) is 1.87. The standard InChI is InChI=1S/C28H30N4O2S2/c1-19-8-6-7-11-24(19)32-27(34)23-14-17-35-26(23)30-28(32)36-20(2)25(33)29-22-12-15-31(16-13-22)18-21-9-4-3-5-10-21/h3-11,14,17,20,22H,12-13,15-16,18H2,1-2H3,(H,29,33). The lowest BCUT2D eigenvalue weighted by molar-refractivity contribution is -0.121. The monoisotopic (exact) mass is 518 g/mol. The minimum Gasteiger partial charge on any atom is -0.352 e. The van der Waals surface area contributed by atoms with Gasteiger partial charge in [-0.3, -0.25) is 19.1 Å². The molecule has 2 aromatic heterocycles. The van der Waals surface area contributed by atoms with E-state index in [1.807, 2.05) is 55.6 Å². The second kappa shape index (κ2) is 11.0. The molecule has 36 heavy (non-hydrogen) atoms. The van der Waals surface area contributed by atoms with E-state index < -0.39 is 0 Å². The Morgan fingerprint density at radius 1 is 1.11 bits per heavy atom. The molecule has 0 spiro atoms. The van der Waals surface area contributed by atoms with E-state index in [1.54, 1.807) is 4.57 Å². The number of thiophene rings is 1. The van der Waals surface area contributed by atoms with Crippen molar-refractivity contribution in [3.63, 3.8) is 0 Å². The van der Waals surface area contributed by atoms with Gasteiger partial charge in [-0.15, -0.1) is 11.3 Å². The van der Waals surface area contributed by atoms with Crippen LogP contribution in [-0.4, -0.2) is 44.7 Å². The molecule has 4 aromatic rings. The molecular formula is C28H30N4O2S2. The first kappa shape index (κ1) is 24.7. The van der Waals surface area contributed by atoms with Crippen LogP contribution in [0.5, 0.6) is 0 Å². The van der Waals surface area contributed by atoms with Crippen LogP contribution in [0.25, 0.3) is 15.9 Å². The topological polar surface area (TPSA) is 67.2 Å². The third-order valence-corrected chi connectivity index (χ3v) is 8.52. The second-order valence-corrected chi connectivity index (χ2v) is 11.5. The molecule has 1 unspecified atom stereocenters. The highest BCUT2D eigenvalue weighted by molar-refractivity contribution is 8.00. The van der Waals surface area contributed by atoms with Crippen LogP contribution >= 0.6 is 23.1 Å². The summed E-state index contributed by atoms with van der Waals surface area (Å²) in [6, 6.07) is 20.3. The van der Waals surface area contributed by atoms with E-state index in [2.05, 4.69) is 34.5 Å². The Hall–Kier alpha value is -2.94. The van der Waals surface area contributed by atoms with E-state index in [1.165, 1.54) is 28.7 Å². The lowest BCUT2D eigenvalue weighted by Gasteiger charge is -2.32. The van der Waals surface area contributed by atoms with Gasteiger partial charge in [0.15, 0.2) is 5.16 Å². The van der Waals surface area contributed by atoms with Crippen molar-refractivity contribution in [3.8, 4) is 5.69 Å². The lowest BCUT2D eigenvalue weighted by atomic mass is 10.0. The maximum atomic E-state index is 13.4. The number of nitrogens with zero attached hydrogens (tertiary/aromatic N) is 3. The molecule has 0 radical (unpaired) electrons. The van der Waals surface area contributed by atoms with Crippen molar-refractivity contribution < 1.29 is 4.79 Å². The van der Waals surface area contributed by atoms with Crippen LogP contribution in [0.4, 0.5) is 0 Å². The highest BCUT2D eigenvalue weighted by Gasteiger charge is 2.25. The zero-order chi connectivity index (χ0) is 25.1. The predicted octanol–water partition coefficient (Wildman–Crippen LogP) is 5.02. The lowest BCUT2D eigenvalue weighted by Crippen LogP contribution is -2.46. The zero-order valence-corrected chi connectivity index (χ0v) is 22.1. The Morgan fingerprint density at radius 3 is 2.58 bits per heavy atom. The van der Waals surface area contributed by atoms with Crippen LogP contribution in [0.15, 0.2) is 76.0 Å². The number of aromatic nitrogens is 2. The van der Waals surface area contributed by atoms with Gasteiger partial charge < -0.3 is 5.32 Å². The number of carbonyl (C=O) groups excluding carboxylic acids is 1. The maximum Gasteiger partial charge on any atom is 0.267 e. The minimum absolute atomic E-state index is 0.0154. The summed E-state index contributed by atoms with van der Waals surface area (Å²) < 4.78 is 1.65. The Bertz CT molecular complexity index is 1410. The number of likely N-dealkylation sites (tertiary alicyclic amines) is 1. The number of carbonyl (C=O) groups is 1. The van der Waals surface area contributed by atoms with Gasteiger partial charge in [-0.2, -0.15) is 0 Å². The van der Waals surface area contributed by atoms with Crippen molar-refractivity contribution in [3.05, 3.63) is 87.5 Å². The number of nitrogens with one attached hydrogen (secondary N) is 1. The number of rotatable bonds is 7. The summed E-state index contributed by atoms with van der Waals surface area (Å²) in [5, 5.41) is 5.89. The van der Waals surface area contributed by atoms with Gasteiger partial charge in [0, 0.05) is 25.7 Å². The largest absolute Gasteiger partial charge is 0.352 e. The summed E-state index contributed by atoms with van der Waals surface area (Å²) >= 11 is 2.79. The first-order valence-corrected chi connectivity index (χ1v) is 14.0. The molecule has 6 nitrogen and oxygen atoms in total. The zero-order valence-electron chi connectivity index (χ0n) is 20.5. The summed E-state index contributed by atoms with van der Waals surface area (Å²) in [6.45, 7) is 6.74. The highest BCUT2D eigenvalue weighted by atomic mass is 32.2. The van der Waals surface area contributed by atoms with E-state index in [0.717, 1.165) is 43.7 Å². The van der Waals surface area contributed by atoms with Gasteiger partial charge in [-0.25, -0.2) is 4.98 Å². The molecule has 0 aliphatic carbocycles. The Labute approximate surface area is 219 Å². The first-order valence-electron chi connectivity index (χ1n) is 12.3. The van der Waals surface area contributed by atoms with Crippen LogP contribution in [0.2, 0.25) is 0 Å². The summed E-state index contributed by atoms with van der Waals surface area (Å²) in [4.78, 5) is 34.5. The van der Waals surface area contributed by atoms with Gasteiger partial charge in [-0.05, 0) is 55.3 Å². The quantitative estimate of drug-likeness (QED) is 0.275. The Balaban J connectivity index is 1.27. The average molecular weight is 519 g/mol. The normalized spacial score (nSPS) is 15.7. The number of piperidine rings is 1. The number of thioether (sulfide) groups is 1. The maximum absolute atomic E-state index is 13.4. The van der Waals surface area contributed by atoms with E-state index in [0.29, 0.717) is 15.4 Å². The molecular weight excluding hydrogens is 488 g/mol. The third kappa shape index (κ3) is 5.40. The molecule has 186 valence electrons. The van der Waals surface area contributed by atoms with Crippen LogP contribution in [0, 0.1) is 6.92 Å². The molecule has 2 aromatic carbocycles. The summed E-state index contributed by atoms with van der Waals surface area (Å²) in [5.41, 5.74) is 3.00. The number of amides is 1. The Kier molecular flexibility index (Phi) is 7.55. The highest BCUT2D eigenvalue weighted by Crippen LogP contribution is 2.28. The van der Waals surface area contributed by atoms with Crippen molar-refractivity contribution in [1.29, 1.82) is 0 Å². The van der Waals surface area contributed by atoms with E-state index in [4.69, 9.17) is 4.98 Å². The molecule has 1 amide bonds. The molecule has 1 atom stereocenters. The number of hydrogen-bond acceptors (Lipinski definition) is 6. The average Bonchev–Trinajstić information content (AvgIpc) is 3.36. The van der Waals surface area contributed by atoms with Gasteiger partial charge in [0.2, 0.25) is 5.91 Å². The van der Waals surface area contributed by atoms with Crippen LogP contribution in [0.1, 0.15) is 30.9 Å². The first-order chi connectivity index (χ1) is 17.5. The molecule has 0 saturated carbocycles. The fraction of sp³-hybridized carbons (Fsp3) is 0.321. The molecule has 1 N–H and O–H groups in total. The van der Waals surface area contributed by atoms with Crippen molar-refractivity contribution in [2.75, 3.05) is 13.1 Å². The summed E-state index contributed by atoms with van der Waals surface area (Å²) in [5.74, 6) is -0.0154. The van der Waals surface area contributed by atoms with Crippen molar-refractivity contribution in [2.24, 2.45) is 0 Å². The van der Waals surface area contributed by atoms with Crippen molar-refractivity contribution in [1.82, 2.24) is 19.8 Å². The SMILES string of the molecule is Cc1ccccc1-n1c(SC(C)C(=O)NC2CCN(Cc3ccccc3)CC2)nc2sccc2c1=O. The fourth-order valence-electron chi connectivity index (χ4n) is 4.61. The Morgan fingerprint density at radius 2 is 1.83 bits per heavy atom. The third-order valence-electron chi connectivity index (χ3n) is 6.66. The molecule has 1 aliphatic heterocycles. The fourth-order valence-corrected chi connectivity index (χ4v) is 6.34. The number of para-hydroxylation sites is 1. The molecule has 1 saturated heterocycles. The van der Waals surface area contributed by atoms with Crippen LogP contribution in [-0.2, 0) is 11.3 Å². The number of fused-ring (bicyclic) bond motifs is 1. The summed E-state index contributed by atoms with van der Waals surface area (Å²) in [7, 11) is 0. The molecule has 0 bridgehead atoms. The van der Waals surface area contributed by atoms with E-state index >= 15 is 0 Å². The number of hydrogen-bond donors (Lipinski definition) is 1. The van der Waals surface area contributed by atoms with E-state index in [9.17, 15) is 9.59 Å². The minimum atomic E-state index is -0.382. The molecule has 1 fully saturated rings. The predicted molar refractivity (Wildman–Crippen MR) is 148 cm³/mol. The van der Waals surface area contributed by atoms with Crippen molar-refractivity contribution >= 4 is 39.2 Å². The molecule has 1 aliphatic rings. The van der Waals surface area contributed by atoms with Gasteiger partial charge >= 0.3 is 0 Å². The smallest absolute Gasteiger partial charge is 0.267 e. The van der Waals surface area contributed by atoms with E-state index in [-0.39, 0.29) is 22.8 Å².